The van der Waals surface area contributed by atoms with Gasteiger partial charge >= 0.3 is 31.9 Å². The third-order valence-corrected chi connectivity index (χ3v) is 4.16. The fraction of sp³-hybridized carbons (Fsp3) is 0.923. The van der Waals surface area contributed by atoms with Gasteiger partial charge in [-0.15, -0.1) is 0 Å². The Hall–Kier alpha value is 1.34. The van der Waals surface area contributed by atoms with E-state index < -0.39 is 8.80 Å². The SMILES string of the molecule is [Br-].[CH2-][Si](OC(C)(C)C)(OC(C)(C)C)OC(C)(C)C.[Mg+2]. The zero-order valence-corrected chi connectivity index (χ0v) is 18.0. The molecule has 0 fully saturated rings. The van der Waals surface area contributed by atoms with Gasteiger partial charge in [-0.25, -0.2) is 0 Å². The van der Waals surface area contributed by atoms with Crippen LogP contribution in [0.3, 0.4) is 0 Å². The molecule has 0 aromatic carbocycles. The fourth-order valence-electron chi connectivity index (χ4n) is 1.46. The first-order valence-electron chi connectivity index (χ1n) is 6.08. The van der Waals surface area contributed by atoms with Gasteiger partial charge in [0, 0.05) is 0 Å². The second-order valence-corrected chi connectivity index (χ2v) is 9.30. The third-order valence-electron chi connectivity index (χ3n) is 1.39. The first-order valence-corrected chi connectivity index (χ1v) is 8.01. The van der Waals surface area contributed by atoms with Gasteiger partial charge in [0.15, 0.2) is 0 Å². The van der Waals surface area contributed by atoms with Crippen molar-refractivity contribution in [2.75, 3.05) is 0 Å². The quantitative estimate of drug-likeness (QED) is 0.534. The molecule has 0 bridgehead atoms. The van der Waals surface area contributed by atoms with E-state index in [0.29, 0.717) is 0 Å². The van der Waals surface area contributed by atoms with E-state index in [4.69, 9.17) is 13.3 Å². The van der Waals surface area contributed by atoms with Crippen LogP contribution < -0.4 is 17.0 Å². The molecule has 0 aliphatic heterocycles. The minimum atomic E-state index is -2.91. The molecule has 0 atom stereocenters. The van der Waals surface area contributed by atoms with Gasteiger partial charge in [0.25, 0.3) is 0 Å². The van der Waals surface area contributed by atoms with Crippen LogP contribution in [0.5, 0.6) is 0 Å². The van der Waals surface area contributed by atoms with Crippen LogP contribution in [0.15, 0.2) is 0 Å². The molecule has 112 valence electrons. The summed E-state index contributed by atoms with van der Waals surface area (Å²) in [6.45, 7) is 22.0. The van der Waals surface area contributed by atoms with Crippen LogP contribution in [0.1, 0.15) is 62.3 Å². The Bertz CT molecular complexity index is 213. The molecular weight excluding hydrogens is 336 g/mol. The minimum Gasteiger partial charge on any atom is -1.00 e. The Morgan fingerprint density at radius 2 is 0.789 bits per heavy atom. The molecule has 0 unspecified atom stereocenters. The summed E-state index contributed by atoms with van der Waals surface area (Å²) in [5.41, 5.74) is -0.987. The molecule has 0 aromatic rings. The number of rotatable bonds is 3. The molecule has 0 N–H and O–H groups in total. The van der Waals surface area contributed by atoms with E-state index in [1.807, 2.05) is 62.3 Å². The van der Waals surface area contributed by atoms with Crippen LogP contribution in [-0.4, -0.2) is 48.7 Å². The van der Waals surface area contributed by atoms with Gasteiger partial charge in [0.2, 0.25) is 0 Å². The second kappa shape index (κ2) is 8.10. The topological polar surface area (TPSA) is 27.7 Å². The van der Waals surface area contributed by atoms with E-state index in [-0.39, 0.29) is 56.8 Å². The monoisotopic (exact) mass is 364 g/mol. The summed E-state index contributed by atoms with van der Waals surface area (Å²) in [5, 5.41) is 0. The van der Waals surface area contributed by atoms with Gasteiger partial charge in [-0.1, -0.05) is 0 Å². The maximum absolute atomic E-state index is 5.96. The minimum absolute atomic E-state index is 0. The average molecular weight is 366 g/mol. The summed E-state index contributed by atoms with van der Waals surface area (Å²) in [6.07, 6.45) is 0. The summed E-state index contributed by atoms with van der Waals surface area (Å²) in [4.78, 5) is 0. The molecule has 0 radical (unpaired) electrons. The standard InChI is InChI=1S/C13H29O3Si.BrH.Mg/c1-11(2,3)14-17(10,15-12(4,5)6)16-13(7,8)9;;/h10H2,1-9H3;1H;/q-1;;+2/p-1. The zero-order valence-electron chi connectivity index (χ0n) is 14.0. The van der Waals surface area contributed by atoms with Gasteiger partial charge < -0.3 is 30.3 Å². The summed E-state index contributed by atoms with van der Waals surface area (Å²) < 4.78 is 17.9. The molecule has 0 aromatic heterocycles. The van der Waals surface area contributed by atoms with Crippen molar-refractivity contribution in [1.82, 2.24) is 0 Å². The van der Waals surface area contributed by atoms with E-state index in [0.717, 1.165) is 0 Å². The molecule has 6 heteroatoms. The Morgan fingerprint density at radius 1 is 0.632 bits per heavy atom. The van der Waals surface area contributed by atoms with Crippen molar-refractivity contribution in [1.29, 1.82) is 0 Å². The van der Waals surface area contributed by atoms with Crippen LogP contribution in [0.25, 0.3) is 0 Å². The Morgan fingerprint density at radius 3 is 0.895 bits per heavy atom. The average Bonchev–Trinajstić information content (AvgIpc) is 1.65. The van der Waals surface area contributed by atoms with E-state index in [2.05, 4.69) is 6.55 Å². The molecule has 3 nitrogen and oxygen atoms in total. The van der Waals surface area contributed by atoms with Gasteiger partial charge in [-0.05, 0) is 62.3 Å². The van der Waals surface area contributed by atoms with Gasteiger partial charge in [0.1, 0.15) is 0 Å². The summed E-state index contributed by atoms with van der Waals surface area (Å²) in [7, 11) is -2.91. The maximum Gasteiger partial charge on any atom is 2.00 e. The molecule has 0 aliphatic carbocycles. The molecule has 0 saturated carbocycles. The molecular formula is C13H29BrMgO3Si. The normalized spacial score (nSPS) is 13.6. The number of halogens is 1. The van der Waals surface area contributed by atoms with Crippen molar-refractivity contribution < 1.29 is 30.3 Å². The molecule has 19 heavy (non-hydrogen) atoms. The van der Waals surface area contributed by atoms with E-state index in [1.165, 1.54) is 0 Å². The molecule has 0 spiro atoms. The third kappa shape index (κ3) is 15.5. The van der Waals surface area contributed by atoms with Crippen LogP contribution >= 0.6 is 0 Å². The number of hydrogen-bond donors (Lipinski definition) is 0. The Balaban J connectivity index is -0.00000128. The molecule has 0 amide bonds. The molecule has 0 rings (SSSR count). The van der Waals surface area contributed by atoms with Crippen molar-refractivity contribution in [3.8, 4) is 0 Å². The van der Waals surface area contributed by atoms with Gasteiger partial charge in [-0.3, -0.25) is 6.55 Å². The van der Waals surface area contributed by atoms with E-state index in [1.54, 1.807) is 0 Å². The smallest absolute Gasteiger partial charge is 1.00 e. The molecule has 0 saturated heterocycles. The van der Waals surface area contributed by atoms with Gasteiger partial charge in [-0.2, -0.15) is 0 Å². The zero-order chi connectivity index (χ0) is 14.1. The first kappa shape index (κ1) is 25.3. The predicted octanol–water partition coefficient (Wildman–Crippen LogP) is 0.367. The maximum atomic E-state index is 5.96. The van der Waals surface area contributed by atoms with Crippen molar-refractivity contribution in [3.05, 3.63) is 6.55 Å². The van der Waals surface area contributed by atoms with Crippen molar-refractivity contribution in [2.45, 2.75) is 79.1 Å². The summed E-state index contributed by atoms with van der Waals surface area (Å²) >= 11 is 0. The van der Waals surface area contributed by atoms with Crippen LogP contribution in [0.4, 0.5) is 0 Å². The van der Waals surface area contributed by atoms with Crippen molar-refractivity contribution in [3.63, 3.8) is 0 Å². The van der Waals surface area contributed by atoms with Crippen LogP contribution in [-0.2, 0) is 13.3 Å². The van der Waals surface area contributed by atoms with E-state index in [9.17, 15) is 0 Å². The van der Waals surface area contributed by atoms with Crippen molar-refractivity contribution >= 4 is 31.9 Å². The molecule has 0 aliphatic rings. The largest absolute Gasteiger partial charge is 2.00 e. The Labute approximate surface area is 147 Å². The summed E-state index contributed by atoms with van der Waals surface area (Å²) in [6, 6.07) is 0. The van der Waals surface area contributed by atoms with Crippen LogP contribution in [0.2, 0.25) is 0 Å². The molecule has 0 heterocycles. The number of hydrogen-bond acceptors (Lipinski definition) is 3. The second-order valence-electron chi connectivity index (χ2n) is 7.33. The fourth-order valence-corrected chi connectivity index (χ4v) is 4.39. The van der Waals surface area contributed by atoms with E-state index >= 15 is 0 Å². The van der Waals surface area contributed by atoms with Crippen molar-refractivity contribution in [2.24, 2.45) is 0 Å². The predicted molar refractivity (Wildman–Crippen MR) is 79.4 cm³/mol. The Kier molecular flexibility index (Phi) is 10.8. The summed E-state index contributed by atoms with van der Waals surface area (Å²) in [5.74, 6) is 0. The first-order chi connectivity index (χ1) is 7.12. The van der Waals surface area contributed by atoms with Crippen LogP contribution in [0, 0.1) is 6.55 Å². The van der Waals surface area contributed by atoms with Gasteiger partial charge in [0.05, 0.1) is 16.8 Å².